The highest BCUT2D eigenvalue weighted by Crippen LogP contribution is 2.38. The fourth-order valence-electron chi connectivity index (χ4n) is 3.46. The highest BCUT2D eigenvalue weighted by molar-refractivity contribution is 6.02. The maximum absolute atomic E-state index is 12.3. The molecule has 1 heterocycles. The van der Waals surface area contributed by atoms with Crippen LogP contribution in [0.5, 0.6) is 17.2 Å². The second-order valence-electron chi connectivity index (χ2n) is 6.88. The van der Waals surface area contributed by atoms with Gasteiger partial charge in [0.1, 0.15) is 0 Å². The lowest BCUT2D eigenvalue weighted by atomic mass is 10.1. The minimum atomic E-state index is -0.204. The number of amides is 1. The summed E-state index contributed by atoms with van der Waals surface area (Å²) >= 11 is 0. The monoisotopic (exact) mass is 396 g/mol. The van der Waals surface area contributed by atoms with Gasteiger partial charge in [-0.15, -0.1) is 0 Å². The largest absolute Gasteiger partial charge is 0.493 e. The third-order valence-corrected chi connectivity index (χ3v) is 4.97. The highest BCUT2D eigenvalue weighted by Gasteiger charge is 2.13. The molecule has 1 amide bonds. The molecule has 154 valence electrons. The van der Waals surface area contributed by atoms with Gasteiger partial charge in [0.2, 0.25) is 11.7 Å². The quantitative estimate of drug-likeness (QED) is 0.705. The van der Waals surface area contributed by atoms with E-state index in [2.05, 4.69) is 22.3 Å². The fraction of sp³-hybridized carbons (Fsp3) is 0.348. The number of carbonyl (C=O) groups is 1. The topological polar surface area (TPSA) is 60.0 Å². The van der Waals surface area contributed by atoms with E-state index < -0.39 is 0 Å². The van der Waals surface area contributed by atoms with Crippen molar-refractivity contribution in [2.24, 2.45) is 0 Å². The van der Waals surface area contributed by atoms with Crippen LogP contribution in [-0.2, 0) is 4.79 Å². The van der Waals surface area contributed by atoms with E-state index >= 15 is 0 Å². The zero-order valence-corrected chi connectivity index (χ0v) is 17.2. The second-order valence-corrected chi connectivity index (χ2v) is 6.88. The molecule has 1 N–H and O–H groups in total. The highest BCUT2D eigenvalue weighted by atomic mass is 16.5. The molecule has 29 heavy (non-hydrogen) atoms. The van der Waals surface area contributed by atoms with Crippen molar-refractivity contribution >= 4 is 23.4 Å². The number of nitrogens with zero attached hydrogens (tertiary/aromatic N) is 1. The summed E-state index contributed by atoms with van der Waals surface area (Å²) in [4.78, 5) is 14.7. The molecule has 0 bridgehead atoms. The second kappa shape index (κ2) is 9.87. The van der Waals surface area contributed by atoms with Crippen LogP contribution >= 0.6 is 0 Å². The number of piperidine rings is 1. The Hall–Kier alpha value is -3.15. The molecule has 2 aromatic rings. The Labute approximate surface area is 172 Å². The van der Waals surface area contributed by atoms with Crippen LogP contribution in [0.25, 0.3) is 6.08 Å². The average Bonchev–Trinajstić information content (AvgIpc) is 2.78. The van der Waals surface area contributed by atoms with Crippen LogP contribution in [0.1, 0.15) is 24.8 Å². The normalized spacial score (nSPS) is 14.0. The predicted octanol–water partition coefficient (Wildman–Crippen LogP) is 4.35. The number of carbonyl (C=O) groups excluding carboxylic acids is 1. The van der Waals surface area contributed by atoms with Crippen LogP contribution in [0.2, 0.25) is 0 Å². The minimum absolute atomic E-state index is 0.204. The first-order valence-electron chi connectivity index (χ1n) is 9.78. The third kappa shape index (κ3) is 5.22. The van der Waals surface area contributed by atoms with Crippen molar-refractivity contribution in [3.63, 3.8) is 0 Å². The van der Waals surface area contributed by atoms with Crippen molar-refractivity contribution in [3.8, 4) is 17.2 Å². The molecule has 1 aliphatic rings. The van der Waals surface area contributed by atoms with Gasteiger partial charge in [-0.05, 0) is 67.3 Å². The Morgan fingerprint density at radius 1 is 0.931 bits per heavy atom. The zero-order chi connectivity index (χ0) is 20.6. The van der Waals surface area contributed by atoms with Gasteiger partial charge in [-0.1, -0.05) is 0 Å². The van der Waals surface area contributed by atoms with Gasteiger partial charge in [-0.3, -0.25) is 4.79 Å². The van der Waals surface area contributed by atoms with Crippen molar-refractivity contribution in [2.75, 3.05) is 44.6 Å². The summed E-state index contributed by atoms with van der Waals surface area (Å²) in [6.45, 7) is 2.20. The van der Waals surface area contributed by atoms with Crippen molar-refractivity contribution in [2.45, 2.75) is 19.3 Å². The van der Waals surface area contributed by atoms with E-state index in [0.717, 1.165) is 24.3 Å². The molecular weight excluding hydrogens is 368 g/mol. The number of methoxy groups -OCH3 is 3. The Morgan fingerprint density at radius 3 is 2.10 bits per heavy atom. The molecule has 0 atom stereocenters. The van der Waals surface area contributed by atoms with Crippen molar-refractivity contribution < 1.29 is 19.0 Å². The molecule has 2 aromatic carbocycles. The van der Waals surface area contributed by atoms with Gasteiger partial charge in [-0.2, -0.15) is 0 Å². The summed E-state index contributed by atoms with van der Waals surface area (Å²) in [5, 5.41) is 2.89. The average molecular weight is 396 g/mol. The maximum Gasteiger partial charge on any atom is 0.248 e. The zero-order valence-electron chi connectivity index (χ0n) is 17.2. The number of nitrogens with one attached hydrogen (secondary N) is 1. The summed E-state index contributed by atoms with van der Waals surface area (Å²) in [5.74, 6) is 1.40. The van der Waals surface area contributed by atoms with Gasteiger partial charge >= 0.3 is 0 Å². The molecule has 1 fully saturated rings. The van der Waals surface area contributed by atoms with E-state index in [9.17, 15) is 4.79 Å². The van der Waals surface area contributed by atoms with Crippen LogP contribution in [0.4, 0.5) is 11.4 Å². The van der Waals surface area contributed by atoms with Crippen molar-refractivity contribution in [1.82, 2.24) is 0 Å². The minimum Gasteiger partial charge on any atom is -0.493 e. The van der Waals surface area contributed by atoms with E-state index in [4.69, 9.17) is 14.2 Å². The fourth-order valence-corrected chi connectivity index (χ4v) is 3.46. The molecular formula is C23H28N2O4. The molecule has 1 aliphatic heterocycles. The lowest BCUT2D eigenvalue weighted by molar-refractivity contribution is -0.111. The smallest absolute Gasteiger partial charge is 0.248 e. The predicted molar refractivity (Wildman–Crippen MR) is 116 cm³/mol. The number of benzene rings is 2. The number of anilines is 2. The van der Waals surface area contributed by atoms with E-state index in [-0.39, 0.29) is 5.91 Å². The summed E-state index contributed by atoms with van der Waals surface area (Å²) in [7, 11) is 4.68. The van der Waals surface area contributed by atoms with Gasteiger partial charge in [0.05, 0.1) is 21.3 Å². The van der Waals surface area contributed by atoms with Crippen molar-refractivity contribution in [3.05, 3.63) is 48.0 Å². The molecule has 0 aromatic heterocycles. The van der Waals surface area contributed by atoms with Crippen LogP contribution in [0.15, 0.2) is 42.5 Å². The molecule has 0 saturated carbocycles. The molecule has 0 unspecified atom stereocenters. The molecule has 6 nitrogen and oxygen atoms in total. The van der Waals surface area contributed by atoms with Crippen LogP contribution in [0.3, 0.4) is 0 Å². The molecule has 0 spiro atoms. The Kier molecular flexibility index (Phi) is 7.00. The molecule has 0 aliphatic carbocycles. The van der Waals surface area contributed by atoms with E-state index in [0.29, 0.717) is 17.2 Å². The van der Waals surface area contributed by atoms with E-state index in [1.54, 1.807) is 39.5 Å². The SMILES string of the molecule is COc1cc(/C=C/C(=O)Nc2ccc(N3CCCCC3)cc2)cc(OC)c1OC. The summed E-state index contributed by atoms with van der Waals surface area (Å²) in [6, 6.07) is 11.6. The van der Waals surface area contributed by atoms with Gasteiger partial charge in [0.25, 0.3) is 0 Å². The van der Waals surface area contributed by atoms with Gasteiger partial charge in [0, 0.05) is 30.5 Å². The maximum atomic E-state index is 12.3. The third-order valence-electron chi connectivity index (χ3n) is 4.97. The summed E-state index contributed by atoms with van der Waals surface area (Å²) in [5.41, 5.74) is 2.75. The van der Waals surface area contributed by atoms with Gasteiger partial charge < -0.3 is 24.4 Å². The molecule has 6 heteroatoms. The first kappa shape index (κ1) is 20.6. The summed E-state index contributed by atoms with van der Waals surface area (Å²) < 4.78 is 16.0. The van der Waals surface area contributed by atoms with E-state index in [1.807, 2.05) is 12.1 Å². The van der Waals surface area contributed by atoms with Crippen LogP contribution in [-0.4, -0.2) is 40.3 Å². The van der Waals surface area contributed by atoms with E-state index in [1.165, 1.54) is 31.0 Å². The van der Waals surface area contributed by atoms with Gasteiger partial charge in [0.15, 0.2) is 11.5 Å². The van der Waals surface area contributed by atoms with Crippen LogP contribution in [0, 0.1) is 0 Å². The first-order valence-corrected chi connectivity index (χ1v) is 9.78. The number of hydrogen-bond donors (Lipinski definition) is 1. The Bertz CT molecular complexity index is 831. The first-order chi connectivity index (χ1) is 14.1. The Balaban J connectivity index is 1.65. The molecule has 1 saturated heterocycles. The van der Waals surface area contributed by atoms with Crippen LogP contribution < -0.4 is 24.4 Å². The standard InChI is InChI=1S/C23H28N2O4/c1-27-20-15-17(16-21(28-2)23(20)29-3)7-12-22(26)24-18-8-10-19(11-9-18)25-13-5-4-6-14-25/h7-12,15-16H,4-6,13-14H2,1-3H3,(H,24,26)/b12-7+. The number of ether oxygens (including phenoxy) is 3. The molecule has 0 radical (unpaired) electrons. The molecule has 3 rings (SSSR count). The lowest BCUT2D eigenvalue weighted by Crippen LogP contribution is -2.29. The van der Waals surface area contributed by atoms with Crippen molar-refractivity contribution in [1.29, 1.82) is 0 Å². The lowest BCUT2D eigenvalue weighted by Gasteiger charge is -2.28. The number of rotatable bonds is 7. The summed E-state index contributed by atoms with van der Waals surface area (Å²) in [6.07, 6.45) is 6.98. The van der Waals surface area contributed by atoms with Gasteiger partial charge in [-0.25, -0.2) is 0 Å². The Morgan fingerprint density at radius 2 is 1.55 bits per heavy atom. The number of hydrogen-bond acceptors (Lipinski definition) is 5.